The van der Waals surface area contributed by atoms with E-state index in [1.54, 1.807) is 7.11 Å². The van der Waals surface area contributed by atoms with Crippen LogP contribution in [0.15, 0.2) is 29.3 Å². The number of hydrogen-bond acceptors (Lipinski definition) is 3. The van der Waals surface area contributed by atoms with Crippen LogP contribution in [0, 0.1) is 0 Å². The predicted molar refractivity (Wildman–Crippen MR) is 91.6 cm³/mol. The van der Waals surface area contributed by atoms with Crippen LogP contribution in [0.25, 0.3) is 0 Å². The minimum absolute atomic E-state index is 0.0198. The molecule has 6 heteroatoms. The monoisotopic (exact) mass is 318 g/mol. The summed E-state index contributed by atoms with van der Waals surface area (Å²) >= 11 is 0. The first-order valence-corrected chi connectivity index (χ1v) is 8.04. The molecule has 1 fully saturated rings. The third-order valence-corrected chi connectivity index (χ3v) is 3.61. The van der Waals surface area contributed by atoms with E-state index in [0.29, 0.717) is 18.5 Å². The Labute approximate surface area is 137 Å². The number of rotatable bonds is 7. The minimum Gasteiger partial charge on any atom is -0.496 e. The number of aliphatic imine (C=N–C) groups is 1. The lowest BCUT2D eigenvalue weighted by atomic mass is 10.2. The Balaban J connectivity index is 1.98. The van der Waals surface area contributed by atoms with Crippen LogP contribution < -0.4 is 15.4 Å². The van der Waals surface area contributed by atoms with E-state index in [0.717, 1.165) is 30.7 Å². The first-order valence-electron chi connectivity index (χ1n) is 8.04. The number of carbonyl (C=O) groups is 1. The predicted octanol–water partition coefficient (Wildman–Crippen LogP) is 1.37. The average Bonchev–Trinajstić information content (AvgIpc) is 3.35. The number of guanidine groups is 1. The summed E-state index contributed by atoms with van der Waals surface area (Å²) in [5.74, 6) is 1.54. The average molecular weight is 318 g/mol. The molecule has 1 saturated carbocycles. The number of carbonyl (C=O) groups excluding carboxylic acids is 1. The molecule has 0 aromatic heterocycles. The van der Waals surface area contributed by atoms with Crippen molar-refractivity contribution in [2.24, 2.45) is 4.99 Å². The van der Waals surface area contributed by atoms with E-state index in [9.17, 15) is 4.79 Å². The molecule has 0 unspecified atom stereocenters. The second-order valence-corrected chi connectivity index (χ2v) is 5.68. The maximum absolute atomic E-state index is 11.8. The Morgan fingerprint density at radius 3 is 2.78 bits per heavy atom. The van der Waals surface area contributed by atoms with Crippen LogP contribution in [-0.2, 0) is 11.3 Å². The van der Waals surface area contributed by atoms with Gasteiger partial charge in [0.1, 0.15) is 12.3 Å². The highest BCUT2D eigenvalue weighted by Crippen LogP contribution is 2.19. The molecule has 2 rings (SSSR count). The van der Waals surface area contributed by atoms with E-state index in [1.165, 1.54) is 0 Å². The zero-order valence-corrected chi connectivity index (χ0v) is 14.1. The van der Waals surface area contributed by atoms with Crippen molar-refractivity contribution < 1.29 is 9.53 Å². The van der Waals surface area contributed by atoms with E-state index < -0.39 is 0 Å². The Bertz CT molecular complexity index is 555. The first kappa shape index (κ1) is 17.1. The molecular weight excluding hydrogens is 292 g/mol. The van der Waals surface area contributed by atoms with Gasteiger partial charge in [-0.1, -0.05) is 18.2 Å². The molecule has 23 heavy (non-hydrogen) atoms. The molecule has 6 nitrogen and oxygen atoms in total. The highest BCUT2D eigenvalue weighted by molar-refractivity contribution is 5.85. The van der Waals surface area contributed by atoms with Gasteiger partial charge in [0.25, 0.3) is 0 Å². The molecule has 1 aliphatic carbocycles. The molecule has 126 valence electrons. The van der Waals surface area contributed by atoms with Gasteiger partial charge in [-0.25, -0.2) is 4.99 Å². The maximum atomic E-state index is 11.8. The van der Waals surface area contributed by atoms with Crippen LogP contribution >= 0.6 is 0 Å². The highest BCUT2D eigenvalue weighted by Gasteiger charge is 2.23. The molecule has 2 N–H and O–H groups in total. The number of ether oxygens (including phenoxy) is 1. The lowest BCUT2D eigenvalue weighted by molar-refractivity contribution is -0.119. The molecular formula is C17H26N4O2. The van der Waals surface area contributed by atoms with Gasteiger partial charge in [0.15, 0.2) is 5.96 Å². The topological polar surface area (TPSA) is 66.0 Å². The highest BCUT2D eigenvalue weighted by atomic mass is 16.5. The Morgan fingerprint density at radius 1 is 1.39 bits per heavy atom. The molecule has 0 heterocycles. The summed E-state index contributed by atoms with van der Waals surface area (Å²) < 4.78 is 5.38. The number of nitrogens with one attached hydrogen (secondary N) is 2. The second kappa shape index (κ2) is 8.41. The molecule has 1 aromatic carbocycles. The zero-order chi connectivity index (χ0) is 16.7. The number of hydrogen-bond donors (Lipinski definition) is 2. The molecule has 0 atom stereocenters. The van der Waals surface area contributed by atoms with Crippen molar-refractivity contribution in [3.63, 3.8) is 0 Å². The molecule has 1 amide bonds. The van der Waals surface area contributed by atoms with Crippen molar-refractivity contribution in [2.45, 2.75) is 32.4 Å². The Hall–Kier alpha value is -2.24. The standard InChI is InChI=1S/C17H26N4O2/c1-4-18-17(19-11-16(22)20-14-9-10-14)21(2)12-13-7-5-6-8-15(13)23-3/h5-8,14H,4,9-12H2,1-3H3,(H,18,19)(H,20,22). The smallest absolute Gasteiger partial charge is 0.242 e. The summed E-state index contributed by atoms with van der Waals surface area (Å²) in [6.45, 7) is 3.56. The summed E-state index contributed by atoms with van der Waals surface area (Å²) in [5.41, 5.74) is 1.07. The van der Waals surface area contributed by atoms with Crippen LogP contribution in [0.5, 0.6) is 5.75 Å². The maximum Gasteiger partial charge on any atom is 0.242 e. The van der Waals surface area contributed by atoms with Crippen molar-refractivity contribution in [1.82, 2.24) is 15.5 Å². The van der Waals surface area contributed by atoms with Crippen molar-refractivity contribution in [3.05, 3.63) is 29.8 Å². The second-order valence-electron chi connectivity index (χ2n) is 5.68. The fourth-order valence-electron chi connectivity index (χ4n) is 2.28. The van der Waals surface area contributed by atoms with Crippen molar-refractivity contribution in [3.8, 4) is 5.75 Å². The van der Waals surface area contributed by atoms with Gasteiger partial charge in [-0.3, -0.25) is 4.79 Å². The van der Waals surface area contributed by atoms with E-state index in [-0.39, 0.29) is 12.5 Å². The zero-order valence-electron chi connectivity index (χ0n) is 14.1. The third kappa shape index (κ3) is 5.47. The minimum atomic E-state index is -0.0198. The number of amides is 1. The molecule has 1 aromatic rings. The van der Waals surface area contributed by atoms with Crippen LogP contribution in [-0.4, -0.2) is 50.1 Å². The van der Waals surface area contributed by atoms with Gasteiger partial charge in [-0.05, 0) is 25.8 Å². The summed E-state index contributed by atoms with van der Waals surface area (Å²) in [4.78, 5) is 18.2. The van der Waals surface area contributed by atoms with Gasteiger partial charge >= 0.3 is 0 Å². The molecule has 0 radical (unpaired) electrons. The molecule has 0 saturated heterocycles. The van der Waals surface area contributed by atoms with Gasteiger partial charge in [-0.15, -0.1) is 0 Å². The van der Waals surface area contributed by atoms with Gasteiger partial charge < -0.3 is 20.3 Å². The number of nitrogens with zero attached hydrogens (tertiary/aromatic N) is 2. The quantitative estimate of drug-likeness (QED) is 0.589. The summed E-state index contributed by atoms with van der Waals surface area (Å²) in [7, 11) is 3.62. The molecule has 1 aliphatic rings. The number of benzene rings is 1. The molecule has 0 spiro atoms. The Morgan fingerprint density at radius 2 is 2.13 bits per heavy atom. The van der Waals surface area contributed by atoms with Crippen LogP contribution in [0.1, 0.15) is 25.3 Å². The van der Waals surface area contributed by atoms with E-state index in [1.807, 2.05) is 43.1 Å². The van der Waals surface area contributed by atoms with E-state index >= 15 is 0 Å². The fraction of sp³-hybridized carbons (Fsp3) is 0.529. The molecule has 0 aliphatic heterocycles. The summed E-state index contributed by atoms with van der Waals surface area (Å²) in [6, 6.07) is 8.27. The van der Waals surface area contributed by atoms with Crippen LogP contribution in [0.3, 0.4) is 0 Å². The van der Waals surface area contributed by atoms with Gasteiger partial charge in [0.05, 0.1) is 7.11 Å². The largest absolute Gasteiger partial charge is 0.496 e. The van der Waals surface area contributed by atoms with Gasteiger partial charge in [-0.2, -0.15) is 0 Å². The normalized spacial score (nSPS) is 14.3. The van der Waals surface area contributed by atoms with Gasteiger partial charge in [0, 0.05) is 31.7 Å². The van der Waals surface area contributed by atoms with Crippen molar-refractivity contribution >= 4 is 11.9 Å². The number of methoxy groups -OCH3 is 1. The summed E-state index contributed by atoms with van der Waals surface area (Å²) in [6.07, 6.45) is 2.17. The summed E-state index contributed by atoms with van der Waals surface area (Å²) in [5, 5.41) is 6.17. The van der Waals surface area contributed by atoms with Crippen LogP contribution in [0.4, 0.5) is 0 Å². The number of para-hydroxylation sites is 1. The van der Waals surface area contributed by atoms with E-state index in [4.69, 9.17) is 4.74 Å². The molecule has 0 bridgehead atoms. The van der Waals surface area contributed by atoms with Gasteiger partial charge in [0.2, 0.25) is 5.91 Å². The lowest BCUT2D eigenvalue weighted by Gasteiger charge is -2.23. The van der Waals surface area contributed by atoms with E-state index in [2.05, 4.69) is 15.6 Å². The van der Waals surface area contributed by atoms with Crippen molar-refractivity contribution in [1.29, 1.82) is 0 Å². The SMILES string of the molecule is CCNC(=NCC(=O)NC1CC1)N(C)Cc1ccccc1OC. The fourth-order valence-corrected chi connectivity index (χ4v) is 2.28. The van der Waals surface area contributed by atoms with Crippen molar-refractivity contribution in [2.75, 3.05) is 27.2 Å². The third-order valence-electron chi connectivity index (χ3n) is 3.61. The van der Waals surface area contributed by atoms with Crippen LogP contribution in [0.2, 0.25) is 0 Å². The Kier molecular flexibility index (Phi) is 6.26. The first-order chi connectivity index (χ1) is 11.1. The lowest BCUT2D eigenvalue weighted by Crippen LogP contribution is -2.39.